The quantitative estimate of drug-likeness (QED) is 0.754. The second-order valence-corrected chi connectivity index (χ2v) is 5.58. The monoisotopic (exact) mass is 288 g/mol. The fourth-order valence-electron chi connectivity index (χ4n) is 2.23. The van der Waals surface area contributed by atoms with E-state index in [1.54, 1.807) is 30.3 Å². The van der Waals surface area contributed by atoms with Gasteiger partial charge in [0.1, 0.15) is 4.88 Å². The maximum Gasteiger partial charge on any atom is 0.348 e. The van der Waals surface area contributed by atoms with Crippen molar-refractivity contribution in [3.05, 3.63) is 34.2 Å². The molecule has 2 aromatic heterocycles. The van der Waals surface area contributed by atoms with Gasteiger partial charge < -0.3 is 9.64 Å². The fourth-order valence-corrected chi connectivity index (χ4v) is 3.30. The van der Waals surface area contributed by atoms with E-state index in [9.17, 15) is 9.59 Å². The zero-order valence-corrected chi connectivity index (χ0v) is 11.9. The van der Waals surface area contributed by atoms with Gasteiger partial charge in [-0.2, -0.15) is 0 Å². The Labute approximate surface area is 119 Å². The highest BCUT2D eigenvalue weighted by molar-refractivity contribution is 7.14. The summed E-state index contributed by atoms with van der Waals surface area (Å²) in [6.45, 7) is 0. The number of amides is 1. The van der Waals surface area contributed by atoms with E-state index in [2.05, 4.69) is 4.98 Å². The second-order valence-electron chi connectivity index (χ2n) is 4.44. The fraction of sp³-hybridized carbons (Fsp3) is 0.214. The number of carbonyl (C=O) groups excluding carboxylic acids is 2. The van der Waals surface area contributed by atoms with E-state index in [4.69, 9.17) is 4.74 Å². The Morgan fingerprint density at radius 3 is 3.05 bits per heavy atom. The molecule has 3 heterocycles. The first-order chi connectivity index (χ1) is 9.61. The first kappa shape index (κ1) is 12.8. The molecule has 0 unspecified atom stereocenters. The number of likely N-dealkylation sites (N-methyl/N-ethyl adjacent to an activating group) is 1. The van der Waals surface area contributed by atoms with Crippen molar-refractivity contribution in [3.8, 4) is 11.3 Å². The van der Waals surface area contributed by atoms with Crippen LogP contribution in [0.25, 0.3) is 11.3 Å². The molecule has 6 heteroatoms. The van der Waals surface area contributed by atoms with Crippen molar-refractivity contribution < 1.29 is 14.3 Å². The predicted octanol–water partition coefficient (Wildman–Crippen LogP) is 2.12. The van der Waals surface area contributed by atoms with Gasteiger partial charge in [-0.15, -0.1) is 11.3 Å². The molecule has 2 aromatic rings. The first-order valence-electron chi connectivity index (χ1n) is 6.04. The number of nitrogens with zero attached hydrogens (tertiary/aromatic N) is 2. The number of pyridine rings is 1. The Morgan fingerprint density at radius 2 is 2.30 bits per heavy atom. The number of thiophene rings is 1. The Balaban J connectivity index is 2.22. The smallest absolute Gasteiger partial charge is 0.348 e. The van der Waals surface area contributed by atoms with Crippen molar-refractivity contribution >= 4 is 28.9 Å². The summed E-state index contributed by atoms with van der Waals surface area (Å²) in [6, 6.07) is 5.40. The largest absolute Gasteiger partial charge is 0.465 e. The molecule has 0 atom stereocenters. The van der Waals surface area contributed by atoms with Gasteiger partial charge in [0.05, 0.1) is 24.9 Å². The van der Waals surface area contributed by atoms with E-state index in [1.807, 2.05) is 6.07 Å². The number of hydrogen-bond donors (Lipinski definition) is 0. The lowest BCUT2D eigenvalue weighted by molar-refractivity contribution is -0.117. The number of ether oxygens (including phenoxy) is 1. The van der Waals surface area contributed by atoms with E-state index < -0.39 is 0 Å². The molecule has 0 saturated heterocycles. The first-order valence-corrected chi connectivity index (χ1v) is 6.86. The van der Waals surface area contributed by atoms with Gasteiger partial charge in [0.25, 0.3) is 0 Å². The summed E-state index contributed by atoms with van der Waals surface area (Å²) >= 11 is 1.29. The van der Waals surface area contributed by atoms with Gasteiger partial charge in [0.15, 0.2) is 0 Å². The highest BCUT2D eigenvalue weighted by Crippen LogP contribution is 2.39. The van der Waals surface area contributed by atoms with Crippen LogP contribution in [0.2, 0.25) is 0 Å². The topological polar surface area (TPSA) is 59.5 Å². The van der Waals surface area contributed by atoms with Gasteiger partial charge in [-0.05, 0) is 18.2 Å². The number of aromatic nitrogens is 1. The van der Waals surface area contributed by atoms with Crippen molar-refractivity contribution in [2.75, 3.05) is 19.1 Å². The van der Waals surface area contributed by atoms with Gasteiger partial charge >= 0.3 is 5.97 Å². The molecule has 0 fully saturated rings. The number of hydrogen-bond acceptors (Lipinski definition) is 5. The van der Waals surface area contributed by atoms with E-state index in [-0.39, 0.29) is 18.3 Å². The lowest BCUT2D eigenvalue weighted by Gasteiger charge is -2.16. The summed E-state index contributed by atoms with van der Waals surface area (Å²) in [6.07, 6.45) is 1.95. The van der Waals surface area contributed by atoms with Crippen molar-refractivity contribution in [1.82, 2.24) is 4.98 Å². The average molecular weight is 288 g/mol. The molecule has 1 aliphatic rings. The molecule has 102 valence electrons. The standard InChI is InChI=1S/C14H12N2O3S/c1-16-9-4-3-5-15-13(9)8-6-11(14(18)19-2)20-10(8)7-12(16)17/h3-6H,7H2,1-2H3. The number of esters is 1. The van der Waals surface area contributed by atoms with Crippen molar-refractivity contribution in [3.63, 3.8) is 0 Å². The number of fused-ring (bicyclic) bond motifs is 3. The van der Waals surface area contributed by atoms with Gasteiger partial charge in [0.2, 0.25) is 5.91 Å². The lowest BCUT2D eigenvalue weighted by atomic mass is 10.1. The van der Waals surface area contributed by atoms with Crippen molar-refractivity contribution in [1.29, 1.82) is 0 Å². The van der Waals surface area contributed by atoms with Crippen LogP contribution in [0.4, 0.5) is 5.69 Å². The van der Waals surface area contributed by atoms with E-state index in [1.165, 1.54) is 18.4 Å². The normalized spacial score (nSPS) is 13.5. The minimum atomic E-state index is -0.388. The van der Waals surface area contributed by atoms with Crippen LogP contribution in [-0.2, 0) is 16.0 Å². The minimum absolute atomic E-state index is 0.0173. The van der Waals surface area contributed by atoms with Crippen LogP contribution in [0.5, 0.6) is 0 Å². The molecule has 0 radical (unpaired) electrons. The van der Waals surface area contributed by atoms with Crippen LogP contribution in [0, 0.1) is 0 Å². The van der Waals surface area contributed by atoms with E-state index in [0.29, 0.717) is 4.88 Å². The third-order valence-electron chi connectivity index (χ3n) is 3.28. The lowest BCUT2D eigenvalue weighted by Crippen LogP contribution is -2.26. The molecule has 0 N–H and O–H groups in total. The molecule has 3 rings (SSSR count). The number of carbonyl (C=O) groups is 2. The summed E-state index contributed by atoms with van der Waals surface area (Å²) in [4.78, 5) is 31.1. The third kappa shape index (κ3) is 1.89. The zero-order chi connectivity index (χ0) is 14.3. The second kappa shape index (κ2) is 4.72. The number of rotatable bonds is 1. The highest BCUT2D eigenvalue weighted by Gasteiger charge is 2.27. The summed E-state index contributed by atoms with van der Waals surface area (Å²) < 4.78 is 4.74. The average Bonchev–Trinajstić information content (AvgIpc) is 2.85. The summed E-state index contributed by atoms with van der Waals surface area (Å²) in [5, 5.41) is 0. The van der Waals surface area contributed by atoms with E-state index in [0.717, 1.165) is 21.8 Å². The zero-order valence-electron chi connectivity index (χ0n) is 11.0. The maximum atomic E-state index is 12.2. The van der Waals surface area contributed by atoms with E-state index >= 15 is 0 Å². The molecule has 1 amide bonds. The molecular formula is C14H12N2O3S. The summed E-state index contributed by atoms with van der Waals surface area (Å²) in [5.41, 5.74) is 2.32. The van der Waals surface area contributed by atoms with Gasteiger partial charge in [-0.3, -0.25) is 9.78 Å². The number of anilines is 1. The molecular weight excluding hydrogens is 276 g/mol. The predicted molar refractivity (Wildman–Crippen MR) is 76.0 cm³/mol. The Morgan fingerprint density at radius 1 is 1.50 bits per heavy atom. The molecule has 0 saturated carbocycles. The van der Waals surface area contributed by atoms with Crippen LogP contribution in [0.1, 0.15) is 14.5 Å². The van der Waals surface area contributed by atoms with Crippen LogP contribution in [-0.4, -0.2) is 31.0 Å². The highest BCUT2D eigenvalue weighted by atomic mass is 32.1. The van der Waals surface area contributed by atoms with Gasteiger partial charge in [0, 0.05) is 23.7 Å². The molecule has 0 aliphatic carbocycles. The van der Waals surface area contributed by atoms with Crippen LogP contribution >= 0.6 is 11.3 Å². The summed E-state index contributed by atoms with van der Waals surface area (Å²) in [7, 11) is 3.08. The van der Waals surface area contributed by atoms with Crippen LogP contribution in [0.15, 0.2) is 24.4 Å². The Kier molecular flexibility index (Phi) is 3.02. The molecule has 0 aromatic carbocycles. The van der Waals surface area contributed by atoms with Gasteiger partial charge in [-0.25, -0.2) is 4.79 Å². The molecule has 1 aliphatic heterocycles. The molecule has 5 nitrogen and oxygen atoms in total. The van der Waals surface area contributed by atoms with Crippen LogP contribution in [0.3, 0.4) is 0 Å². The maximum absolute atomic E-state index is 12.2. The minimum Gasteiger partial charge on any atom is -0.465 e. The SMILES string of the molecule is COC(=O)c1cc2c(s1)CC(=O)N(C)c1cccnc1-2. The molecule has 20 heavy (non-hydrogen) atoms. The molecule has 0 spiro atoms. The van der Waals surface area contributed by atoms with Gasteiger partial charge in [-0.1, -0.05) is 0 Å². The van der Waals surface area contributed by atoms with Crippen molar-refractivity contribution in [2.45, 2.75) is 6.42 Å². The third-order valence-corrected chi connectivity index (χ3v) is 4.40. The molecule has 0 bridgehead atoms. The Hall–Kier alpha value is -2.21. The van der Waals surface area contributed by atoms with Crippen molar-refractivity contribution in [2.24, 2.45) is 0 Å². The summed E-state index contributed by atoms with van der Waals surface area (Å²) in [5.74, 6) is -0.405. The number of methoxy groups -OCH3 is 1. The van der Waals surface area contributed by atoms with Crippen LogP contribution < -0.4 is 4.90 Å². The Bertz CT molecular complexity index is 708.